The molecule has 4 heteroatoms. The number of hydrogen-bond acceptors (Lipinski definition) is 3. The van der Waals surface area contributed by atoms with Crippen LogP contribution in [-0.2, 0) is 11.2 Å². The van der Waals surface area contributed by atoms with Gasteiger partial charge < -0.3 is 10.4 Å². The summed E-state index contributed by atoms with van der Waals surface area (Å²) in [6.45, 7) is 0. The highest BCUT2D eigenvalue weighted by molar-refractivity contribution is 5.91. The van der Waals surface area contributed by atoms with Crippen LogP contribution in [0.1, 0.15) is 12.0 Å². The topological polar surface area (TPSA) is 62.2 Å². The van der Waals surface area contributed by atoms with Crippen LogP contribution in [0.2, 0.25) is 0 Å². The Kier molecular flexibility index (Phi) is 4.87. The van der Waals surface area contributed by atoms with Gasteiger partial charge >= 0.3 is 0 Å². The normalized spacial score (nSPS) is 10.3. The zero-order valence-corrected chi connectivity index (χ0v) is 13.1. The lowest BCUT2D eigenvalue weighted by molar-refractivity contribution is -0.116. The molecule has 1 amide bonds. The summed E-state index contributed by atoms with van der Waals surface area (Å²) < 4.78 is 0. The fourth-order valence-electron chi connectivity index (χ4n) is 2.48. The van der Waals surface area contributed by atoms with Crippen molar-refractivity contribution in [2.75, 3.05) is 5.32 Å². The van der Waals surface area contributed by atoms with Crippen LogP contribution in [-0.4, -0.2) is 16.0 Å². The van der Waals surface area contributed by atoms with E-state index >= 15 is 0 Å². The van der Waals surface area contributed by atoms with Crippen LogP contribution >= 0.6 is 0 Å². The molecule has 1 aromatic heterocycles. The Morgan fingerprint density at radius 2 is 1.67 bits per heavy atom. The van der Waals surface area contributed by atoms with E-state index in [2.05, 4.69) is 10.3 Å². The molecule has 2 aromatic carbocycles. The Morgan fingerprint density at radius 3 is 2.38 bits per heavy atom. The average Bonchev–Trinajstić information content (AvgIpc) is 2.61. The van der Waals surface area contributed by atoms with Crippen LogP contribution < -0.4 is 5.32 Å². The third kappa shape index (κ3) is 4.20. The van der Waals surface area contributed by atoms with E-state index in [0.29, 0.717) is 12.8 Å². The fourth-order valence-corrected chi connectivity index (χ4v) is 2.48. The van der Waals surface area contributed by atoms with Gasteiger partial charge in [-0.1, -0.05) is 24.3 Å². The van der Waals surface area contributed by atoms with Crippen molar-refractivity contribution in [3.8, 4) is 16.9 Å². The molecule has 120 valence electrons. The van der Waals surface area contributed by atoms with Crippen LogP contribution in [0.4, 0.5) is 5.69 Å². The zero-order valence-electron chi connectivity index (χ0n) is 13.1. The molecule has 4 nitrogen and oxygen atoms in total. The minimum Gasteiger partial charge on any atom is -0.508 e. The highest BCUT2D eigenvalue weighted by Crippen LogP contribution is 2.20. The first-order valence-electron chi connectivity index (χ1n) is 7.79. The predicted octanol–water partition coefficient (Wildman–Crippen LogP) is 4.03. The Bertz CT molecular complexity index is 815. The van der Waals surface area contributed by atoms with E-state index in [1.165, 1.54) is 0 Å². The Hall–Kier alpha value is -3.14. The maximum Gasteiger partial charge on any atom is 0.224 e. The summed E-state index contributed by atoms with van der Waals surface area (Å²) in [5.74, 6) is 0.176. The Labute approximate surface area is 140 Å². The van der Waals surface area contributed by atoms with E-state index in [0.717, 1.165) is 22.4 Å². The minimum absolute atomic E-state index is 0.0463. The summed E-state index contributed by atoms with van der Waals surface area (Å²) in [7, 11) is 0. The van der Waals surface area contributed by atoms with Gasteiger partial charge in [0.25, 0.3) is 0 Å². The van der Waals surface area contributed by atoms with Crippen LogP contribution in [0, 0.1) is 0 Å². The number of aromatic hydroxyl groups is 1. The number of amides is 1. The number of phenolic OH excluding ortho intramolecular Hbond substituents is 1. The number of aromatic nitrogens is 1. The second-order valence-corrected chi connectivity index (χ2v) is 5.53. The largest absolute Gasteiger partial charge is 0.508 e. The second kappa shape index (κ2) is 7.42. The molecule has 3 aromatic rings. The smallest absolute Gasteiger partial charge is 0.224 e. The highest BCUT2D eigenvalue weighted by atomic mass is 16.3. The van der Waals surface area contributed by atoms with E-state index in [9.17, 15) is 9.90 Å². The van der Waals surface area contributed by atoms with E-state index in [1.54, 1.807) is 30.6 Å². The van der Waals surface area contributed by atoms with Crippen molar-refractivity contribution in [2.45, 2.75) is 12.8 Å². The number of aryl methyl sites for hydroxylation is 1. The molecule has 0 saturated carbocycles. The maximum absolute atomic E-state index is 12.0. The predicted molar refractivity (Wildman–Crippen MR) is 94.7 cm³/mol. The van der Waals surface area contributed by atoms with E-state index < -0.39 is 0 Å². The highest BCUT2D eigenvalue weighted by Gasteiger charge is 2.04. The van der Waals surface area contributed by atoms with Crippen LogP contribution in [0.5, 0.6) is 5.75 Å². The Morgan fingerprint density at radius 1 is 0.958 bits per heavy atom. The molecule has 24 heavy (non-hydrogen) atoms. The molecule has 0 saturated heterocycles. The molecule has 0 aliphatic carbocycles. The second-order valence-electron chi connectivity index (χ2n) is 5.53. The number of carbonyl (C=O) groups is 1. The van der Waals surface area contributed by atoms with Crippen molar-refractivity contribution in [1.82, 2.24) is 4.98 Å². The van der Waals surface area contributed by atoms with Gasteiger partial charge in [-0.3, -0.25) is 9.78 Å². The monoisotopic (exact) mass is 318 g/mol. The lowest BCUT2D eigenvalue weighted by Crippen LogP contribution is -2.12. The van der Waals surface area contributed by atoms with Crippen molar-refractivity contribution in [3.05, 3.63) is 78.6 Å². The van der Waals surface area contributed by atoms with Crippen LogP contribution in [0.15, 0.2) is 73.1 Å². The molecule has 0 aliphatic heterocycles. The van der Waals surface area contributed by atoms with E-state index in [-0.39, 0.29) is 11.7 Å². The van der Waals surface area contributed by atoms with Gasteiger partial charge in [-0.05, 0) is 59.5 Å². The third-order valence-electron chi connectivity index (χ3n) is 3.73. The molecule has 0 spiro atoms. The van der Waals surface area contributed by atoms with Gasteiger partial charge in [-0.2, -0.15) is 0 Å². The Balaban J connectivity index is 1.57. The van der Waals surface area contributed by atoms with Crippen molar-refractivity contribution in [2.24, 2.45) is 0 Å². The standard InChI is InChI=1S/C20H18N2O2/c23-19-3-1-2-15(14-19)4-9-20(24)22-18-7-5-16(6-8-18)17-10-12-21-13-11-17/h1-3,5-8,10-14,23H,4,9H2,(H,22,24). The SMILES string of the molecule is O=C(CCc1cccc(O)c1)Nc1ccc(-c2ccncc2)cc1. The summed E-state index contributed by atoms with van der Waals surface area (Å²) in [5, 5.41) is 12.3. The van der Waals surface area contributed by atoms with Gasteiger partial charge in [-0.15, -0.1) is 0 Å². The molecular weight excluding hydrogens is 300 g/mol. The number of pyridine rings is 1. The van der Waals surface area contributed by atoms with E-state index in [4.69, 9.17) is 0 Å². The number of carbonyl (C=O) groups excluding carboxylic acids is 1. The number of benzene rings is 2. The van der Waals surface area contributed by atoms with Gasteiger partial charge in [0.15, 0.2) is 0 Å². The summed E-state index contributed by atoms with van der Waals surface area (Å²) in [6.07, 6.45) is 4.48. The molecule has 0 fully saturated rings. The average molecular weight is 318 g/mol. The first-order chi connectivity index (χ1) is 11.7. The summed E-state index contributed by atoms with van der Waals surface area (Å²) in [4.78, 5) is 16.0. The van der Waals surface area contributed by atoms with Gasteiger partial charge in [0, 0.05) is 24.5 Å². The lowest BCUT2D eigenvalue weighted by Gasteiger charge is -2.07. The molecule has 0 bridgehead atoms. The van der Waals surface area contributed by atoms with E-state index in [1.807, 2.05) is 42.5 Å². The molecule has 3 rings (SSSR count). The van der Waals surface area contributed by atoms with Gasteiger partial charge in [0.05, 0.1) is 0 Å². The van der Waals surface area contributed by atoms with Crippen LogP contribution in [0.3, 0.4) is 0 Å². The zero-order chi connectivity index (χ0) is 16.8. The molecule has 0 unspecified atom stereocenters. The van der Waals surface area contributed by atoms with Gasteiger partial charge in [0.2, 0.25) is 5.91 Å². The van der Waals surface area contributed by atoms with Crippen molar-refractivity contribution >= 4 is 11.6 Å². The molecule has 0 aliphatic rings. The molecular formula is C20H18N2O2. The maximum atomic E-state index is 12.0. The van der Waals surface area contributed by atoms with Crippen molar-refractivity contribution in [1.29, 1.82) is 0 Å². The molecule has 1 heterocycles. The number of anilines is 1. The minimum atomic E-state index is -0.0463. The first-order valence-corrected chi connectivity index (χ1v) is 7.79. The van der Waals surface area contributed by atoms with Gasteiger partial charge in [0.1, 0.15) is 5.75 Å². The number of nitrogens with zero attached hydrogens (tertiary/aromatic N) is 1. The third-order valence-corrected chi connectivity index (χ3v) is 3.73. The van der Waals surface area contributed by atoms with Crippen molar-refractivity contribution < 1.29 is 9.90 Å². The molecule has 0 atom stereocenters. The summed E-state index contributed by atoms with van der Waals surface area (Å²) >= 11 is 0. The molecule has 2 N–H and O–H groups in total. The fraction of sp³-hybridized carbons (Fsp3) is 0.100. The quantitative estimate of drug-likeness (QED) is 0.746. The first kappa shape index (κ1) is 15.7. The van der Waals surface area contributed by atoms with Crippen molar-refractivity contribution in [3.63, 3.8) is 0 Å². The molecule has 0 radical (unpaired) electrons. The van der Waals surface area contributed by atoms with Gasteiger partial charge in [-0.25, -0.2) is 0 Å². The van der Waals surface area contributed by atoms with Crippen LogP contribution in [0.25, 0.3) is 11.1 Å². The number of nitrogens with one attached hydrogen (secondary N) is 1. The summed E-state index contributed by atoms with van der Waals surface area (Å²) in [6, 6.07) is 18.6. The summed E-state index contributed by atoms with van der Waals surface area (Å²) in [5.41, 5.74) is 3.88. The number of rotatable bonds is 5. The number of phenols is 1. The lowest BCUT2D eigenvalue weighted by atomic mass is 10.1. The number of hydrogen-bond donors (Lipinski definition) is 2.